The first-order chi connectivity index (χ1) is 11.9. The molecule has 2 amide bonds. The van der Waals surface area contributed by atoms with E-state index in [1.54, 1.807) is 0 Å². The average Bonchev–Trinajstić information content (AvgIpc) is 2.57. The maximum atomic E-state index is 13.0. The van der Waals surface area contributed by atoms with Crippen LogP contribution < -0.4 is 10.6 Å². The van der Waals surface area contributed by atoms with Crippen LogP contribution in [0.4, 0.5) is 4.39 Å². The summed E-state index contributed by atoms with van der Waals surface area (Å²) in [6.45, 7) is 11.6. The monoisotopic (exact) mass is 366 g/mol. The molecule has 0 aliphatic rings. The predicted molar refractivity (Wildman–Crippen MR) is 100 cm³/mol. The van der Waals surface area contributed by atoms with Crippen molar-refractivity contribution >= 4 is 12.3 Å². The molecule has 7 heteroatoms. The SMILES string of the molecule is CC.CC(C)C.COCC(=O)NCCCCCOCC(F)CNC=O. The number of hydrogen-bond acceptors (Lipinski definition) is 4. The maximum Gasteiger partial charge on any atom is 0.245 e. The lowest BCUT2D eigenvalue weighted by Gasteiger charge is -2.08. The van der Waals surface area contributed by atoms with Crippen molar-refractivity contribution in [3.05, 3.63) is 0 Å². The van der Waals surface area contributed by atoms with Crippen molar-refractivity contribution in [2.24, 2.45) is 5.92 Å². The number of alkyl halides is 1. The van der Waals surface area contributed by atoms with Gasteiger partial charge in [0.2, 0.25) is 12.3 Å². The first kappa shape index (κ1) is 28.6. The van der Waals surface area contributed by atoms with Crippen molar-refractivity contribution in [3.63, 3.8) is 0 Å². The molecule has 0 aromatic rings. The smallest absolute Gasteiger partial charge is 0.245 e. The minimum Gasteiger partial charge on any atom is -0.378 e. The fourth-order valence-corrected chi connectivity index (χ4v) is 1.36. The van der Waals surface area contributed by atoms with Crippen molar-refractivity contribution in [1.29, 1.82) is 0 Å². The summed E-state index contributed by atoms with van der Waals surface area (Å²) in [7, 11) is 1.47. The van der Waals surface area contributed by atoms with Crippen LogP contribution in [0.25, 0.3) is 0 Å². The molecule has 0 aliphatic heterocycles. The molecule has 1 atom stereocenters. The van der Waals surface area contributed by atoms with Crippen molar-refractivity contribution in [2.45, 2.75) is 60.1 Å². The predicted octanol–water partition coefficient (Wildman–Crippen LogP) is 2.71. The zero-order chi connectivity index (χ0) is 19.9. The Kier molecular flexibility index (Phi) is 28.6. The summed E-state index contributed by atoms with van der Waals surface area (Å²) >= 11 is 0. The first-order valence-corrected chi connectivity index (χ1v) is 9.08. The van der Waals surface area contributed by atoms with E-state index in [2.05, 4.69) is 36.1 Å². The number of carbonyl (C=O) groups excluding carboxylic acids is 2. The lowest BCUT2D eigenvalue weighted by molar-refractivity contribution is -0.124. The van der Waals surface area contributed by atoms with Crippen LogP contribution >= 0.6 is 0 Å². The Morgan fingerprint density at radius 2 is 1.76 bits per heavy atom. The fraction of sp³-hybridized carbons (Fsp3) is 0.889. The molecule has 0 saturated heterocycles. The van der Waals surface area contributed by atoms with Gasteiger partial charge < -0.3 is 20.1 Å². The van der Waals surface area contributed by atoms with Gasteiger partial charge in [-0.2, -0.15) is 0 Å². The van der Waals surface area contributed by atoms with E-state index in [1.165, 1.54) is 7.11 Å². The summed E-state index contributed by atoms with van der Waals surface area (Å²) in [5, 5.41) is 4.96. The van der Waals surface area contributed by atoms with E-state index < -0.39 is 6.17 Å². The first-order valence-electron chi connectivity index (χ1n) is 9.08. The molecule has 0 aromatic heterocycles. The molecule has 2 N–H and O–H groups in total. The van der Waals surface area contributed by atoms with Crippen LogP contribution in [0.3, 0.4) is 0 Å². The summed E-state index contributed by atoms with van der Waals surface area (Å²) in [4.78, 5) is 20.9. The van der Waals surface area contributed by atoms with Gasteiger partial charge in [0.05, 0.1) is 13.2 Å². The third kappa shape index (κ3) is 34.9. The van der Waals surface area contributed by atoms with E-state index in [-0.39, 0.29) is 25.7 Å². The van der Waals surface area contributed by atoms with Gasteiger partial charge in [-0.1, -0.05) is 34.6 Å². The van der Waals surface area contributed by atoms with Gasteiger partial charge in [0, 0.05) is 20.3 Å². The highest BCUT2D eigenvalue weighted by molar-refractivity contribution is 5.77. The lowest BCUT2D eigenvalue weighted by atomic mass is 10.2. The summed E-state index contributed by atoms with van der Waals surface area (Å²) in [5.41, 5.74) is 0. The highest BCUT2D eigenvalue weighted by atomic mass is 19.1. The second-order valence-electron chi connectivity index (χ2n) is 5.77. The van der Waals surface area contributed by atoms with Gasteiger partial charge in [-0.25, -0.2) is 4.39 Å². The largest absolute Gasteiger partial charge is 0.378 e. The summed E-state index contributed by atoms with van der Waals surface area (Å²) in [6.07, 6.45) is 1.86. The minimum atomic E-state index is -1.17. The van der Waals surface area contributed by atoms with Gasteiger partial charge in [0.25, 0.3) is 0 Å². The highest BCUT2D eigenvalue weighted by Crippen LogP contribution is 1.97. The molecule has 6 nitrogen and oxygen atoms in total. The quantitative estimate of drug-likeness (QED) is 0.388. The van der Waals surface area contributed by atoms with Gasteiger partial charge in [-0.05, 0) is 25.2 Å². The van der Waals surface area contributed by atoms with Crippen molar-refractivity contribution in [3.8, 4) is 0 Å². The van der Waals surface area contributed by atoms with E-state index in [9.17, 15) is 14.0 Å². The summed E-state index contributed by atoms with van der Waals surface area (Å²) in [6, 6.07) is 0. The number of unbranched alkanes of at least 4 members (excludes halogenated alkanes) is 2. The molecule has 0 aromatic carbocycles. The number of halogens is 1. The number of hydrogen-bond donors (Lipinski definition) is 2. The van der Waals surface area contributed by atoms with E-state index in [1.807, 2.05) is 13.8 Å². The fourth-order valence-electron chi connectivity index (χ4n) is 1.36. The molecular weight excluding hydrogens is 327 g/mol. The van der Waals surface area contributed by atoms with E-state index >= 15 is 0 Å². The van der Waals surface area contributed by atoms with Gasteiger partial charge in [0.1, 0.15) is 12.8 Å². The molecule has 152 valence electrons. The third-order valence-corrected chi connectivity index (χ3v) is 2.28. The topological polar surface area (TPSA) is 76.7 Å². The number of ether oxygens (including phenoxy) is 2. The van der Waals surface area contributed by atoms with E-state index in [0.29, 0.717) is 19.6 Å². The number of amides is 2. The molecule has 0 spiro atoms. The second-order valence-corrected chi connectivity index (χ2v) is 5.77. The minimum absolute atomic E-state index is 0.00852. The molecule has 1 unspecified atom stereocenters. The van der Waals surface area contributed by atoms with Crippen LogP contribution in [0.15, 0.2) is 0 Å². The number of nitrogens with one attached hydrogen (secondary N) is 2. The van der Waals surface area contributed by atoms with Gasteiger partial charge >= 0.3 is 0 Å². The van der Waals surface area contributed by atoms with Crippen molar-refractivity contribution in [1.82, 2.24) is 10.6 Å². The Balaban J connectivity index is -0.000000701. The molecule has 0 aliphatic carbocycles. The van der Waals surface area contributed by atoms with E-state index in [4.69, 9.17) is 4.74 Å². The molecule has 0 bridgehead atoms. The molecule has 0 saturated carbocycles. The molecular formula is C18H39FN2O4. The summed E-state index contributed by atoms with van der Waals surface area (Å²) in [5.74, 6) is 0.710. The Labute approximate surface area is 153 Å². The average molecular weight is 367 g/mol. The molecule has 0 fully saturated rings. The van der Waals surface area contributed by atoms with Crippen LogP contribution in [0, 0.1) is 5.92 Å². The van der Waals surface area contributed by atoms with Crippen molar-refractivity contribution < 1.29 is 23.5 Å². The zero-order valence-electron chi connectivity index (χ0n) is 16.9. The Morgan fingerprint density at radius 1 is 1.16 bits per heavy atom. The number of rotatable bonds is 13. The maximum absolute atomic E-state index is 13.0. The van der Waals surface area contributed by atoms with Crippen LogP contribution in [0.5, 0.6) is 0 Å². The Morgan fingerprint density at radius 3 is 2.28 bits per heavy atom. The molecule has 25 heavy (non-hydrogen) atoms. The second kappa shape index (κ2) is 25.0. The Hall–Kier alpha value is -1.21. The van der Waals surface area contributed by atoms with Crippen LogP contribution in [-0.2, 0) is 19.1 Å². The number of carbonyl (C=O) groups is 2. The summed E-state index contributed by atoms with van der Waals surface area (Å²) < 4.78 is 22.8. The molecule has 0 rings (SSSR count). The van der Waals surface area contributed by atoms with Crippen LogP contribution in [-0.4, -0.2) is 58.5 Å². The normalized spacial score (nSPS) is 10.7. The highest BCUT2D eigenvalue weighted by Gasteiger charge is 2.05. The lowest BCUT2D eigenvalue weighted by Crippen LogP contribution is -2.28. The zero-order valence-corrected chi connectivity index (χ0v) is 16.9. The van der Waals surface area contributed by atoms with E-state index in [0.717, 1.165) is 25.2 Å². The standard InChI is InChI=1S/C12H23FN2O4.C4H10.C2H6/c1-18-9-12(17)15-5-3-2-4-6-19-8-11(13)7-14-10-16;1-4(2)3;1-2/h10-11H,2-9H2,1H3,(H,14,16)(H,15,17);4H,1-3H3;1-2H3. The van der Waals surface area contributed by atoms with Crippen molar-refractivity contribution in [2.75, 3.05) is 40.0 Å². The molecule has 0 heterocycles. The van der Waals surface area contributed by atoms with Gasteiger partial charge in [-0.15, -0.1) is 0 Å². The third-order valence-electron chi connectivity index (χ3n) is 2.28. The Bertz CT molecular complexity index is 277. The molecule has 0 radical (unpaired) electrons. The van der Waals surface area contributed by atoms with Crippen LogP contribution in [0.2, 0.25) is 0 Å². The van der Waals surface area contributed by atoms with Crippen LogP contribution in [0.1, 0.15) is 53.9 Å². The number of methoxy groups -OCH3 is 1. The van der Waals surface area contributed by atoms with Gasteiger partial charge in [-0.3, -0.25) is 9.59 Å². The van der Waals surface area contributed by atoms with Gasteiger partial charge in [0.15, 0.2) is 0 Å².